The zero-order valence-electron chi connectivity index (χ0n) is 11.7. The van der Waals surface area contributed by atoms with Crippen LogP contribution in [-0.4, -0.2) is 26.5 Å². The van der Waals surface area contributed by atoms with E-state index in [1.807, 2.05) is 30.8 Å². The molecular weight excluding hydrogens is 252 g/mol. The SMILES string of the molecule is Cc1ccc(N2CCCc3c(C#N)nn(C)c3C2)nn1. The largest absolute Gasteiger partial charge is 0.349 e. The van der Waals surface area contributed by atoms with Crippen molar-refractivity contribution in [2.24, 2.45) is 7.05 Å². The summed E-state index contributed by atoms with van der Waals surface area (Å²) >= 11 is 0. The topological polar surface area (TPSA) is 70.6 Å². The lowest BCUT2D eigenvalue weighted by Gasteiger charge is -2.21. The van der Waals surface area contributed by atoms with E-state index in [1.54, 1.807) is 0 Å². The summed E-state index contributed by atoms with van der Waals surface area (Å²) in [5.41, 5.74) is 3.65. The predicted molar refractivity (Wildman–Crippen MR) is 74.1 cm³/mol. The lowest BCUT2D eigenvalue weighted by Crippen LogP contribution is -2.25. The van der Waals surface area contributed by atoms with E-state index in [0.717, 1.165) is 48.7 Å². The van der Waals surface area contributed by atoms with Gasteiger partial charge < -0.3 is 4.90 Å². The van der Waals surface area contributed by atoms with E-state index in [1.165, 1.54) is 0 Å². The van der Waals surface area contributed by atoms with Crippen molar-refractivity contribution in [3.8, 4) is 6.07 Å². The second-order valence-corrected chi connectivity index (χ2v) is 5.07. The maximum atomic E-state index is 9.15. The quantitative estimate of drug-likeness (QED) is 0.780. The Morgan fingerprint density at radius 3 is 2.85 bits per heavy atom. The number of hydrogen-bond donors (Lipinski definition) is 0. The van der Waals surface area contributed by atoms with Crippen LogP contribution >= 0.6 is 0 Å². The van der Waals surface area contributed by atoms with Gasteiger partial charge in [-0.1, -0.05) is 0 Å². The van der Waals surface area contributed by atoms with E-state index in [2.05, 4.69) is 26.3 Å². The summed E-state index contributed by atoms with van der Waals surface area (Å²) in [6.45, 7) is 3.56. The summed E-state index contributed by atoms with van der Waals surface area (Å²) in [5.74, 6) is 0.878. The molecule has 0 bridgehead atoms. The van der Waals surface area contributed by atoms with Crippen molar-refractivity contribution in [2.45, 2.75) is 26.3 Å². The van der Waals surface area contributed by atoms with Gasteiger partial charge in [-0.05, 0) is 31.9 Å². The summed E-state index contributed by atoms with van der Waals surface area (Å²) in [4.78, 5) is 2.20. The highest BCUT2D eigenvalue weighted by molar-refractivity contribution is 5.43. The summed E-state index contributed by atoms with van der Waals surface area (Å²) < 4.78 is 1.81. The molecule has 1 aliphatic rings. The van der Waals surface area contributed by atoms with Gasteiger partial charge in [0.25, 0.3) is 0 Å². The van der Waals surface area contributed by atoms with Crippen LogP contribution in [0, 0.1) is 18.3 Å². The van der Waals surface area contributed by atoms with Gasteiger partial charge in [-0.3, -0.25) is 4.68 Å². The molecular formula is C14H16N6. The fourth-order valence-corrected chi connectivity index (χ4v) is 2.62. The molecule has 0 saturated carbocycles. The van der Waals surface area contributed by atoms with Crippen molar-refractivity contribution in [1.82, 2.24) is 20.0 Å². The molecule has 2 aromatic rings. The van der Waals surface area contributed by atoms with Gasteiger partial charge in [0, 0.05) is 19.2 Å². The Bertz CT molecular complexity index is 664. The first-order chi connectivity index (χ1) is 9.69. The summed E-state index contributed by atoms with van der Waals surface area (Å²) in [5, 5.41) is 21.8. The lowest BCUT2D eigenvalue weighted by atomic mass is 10.1. The van der Waals surface area contributed by atoms with E-state index in [9.17, 15) is 0 Å². The second kappa shape index (κ2) is 4.93. The van der Waals surface area contributed by atoms with Crippen molar-refractivity contribution in [3.63, 3.8) is 0 Å². The number of nitrogens with zero attached hydrogens (tertiary/aromatic N) is 6. The molecule has 0 spiro atoms. The molecule has 0 aliphatic carbocycles. The Balaban J connectivity index is 1.95. The van der Waals surface area contributed by atoms with E-state index in [-0.39, 0.29) is 0 Å². The van der Waals surface area contributed by atoms with Crippen LogP contribution in [0.5, 0.6) is 0 Å². The van der Waals surface area contributed by atoms with Crippen LogP contribution in [-0.2, 0) is 20.0 Å². The highest BCUT2D eigenvalue weighted by Gasteiger charge is 2.22. The summed E-state index contributed by atoms with van der Waals surface area (Å²) in [7, 11) is 1.89. The smallest absolute Gasteiger partial charge is 0.166 e. The Morgan fingerprint density at radius 1 is 1.30 bits per heavy atom. The minimum Gasteiger partial charge on any atom is -0.349 e. The molecule has 0 N–H and O–H groups in total. The Kier molecular flexibility index (Phi) is 3.11. The first-order valence-electron chi connectivity index (χ1n) is 6.69. The minimum atomic E-state index is 0.555. The number of rotatable bonds is 1. The highest BCUT2D eigenvalue weighted by Crippen LogP contribution is 2.24. The van der Waals surface area contributed by atoms with E-state index >= 15 is 0 Å². The minimum absolute atomic E-state index is 0.555. The molecule has 3 rings (SSSR count). The van der Waals surface area contributed by atoms with Gasteiger partial charge in [0.2, 0.25) is 0 Å². The molecule has 0 amide bonds. The second-order valence-electron chi connectivity index (χ2n) is 5.07. The fraction of sp³-hybridized carbons (Fsp3) is 0.429. The average molecular weight is 268 g/mol. The standard InChI is InChI=1S/C14H16N6/c1-10-5-6-14(17-16-10)20-7-3-4-11-12(8-15)18-19(2)13(11)9-20/h5-6H,3-4,7,9H2,1-2H3. The molecule has 6 nitrogen and oxygen atoms in total. The van der Waals surface area contributed by atoms with E-state index in [0.29, 0.717) is 5.69 Å². The van der Waals surface area contributed by atoms with Crippen LogP contribution in [0.2, 0.25) is 0 Å². The number of aromatic nitrogens is 4. The highest BCUT2D eigenvalue weighted by atomic mass is 15.3. The van der Waals surface area contributed by atoms with Crippen molar-refractivity contribution < 1.29 is 0 Å². The van der Waals surface area contributed by atoms with Crippen LogP contribution in [0.4, 0.5) is 5.82 Å². The van der Waals surface area contributed by atoms with Gasteiger partial charge in [0.1, 0.15) is 6.07 Å². The van der Waals surface area contributed by atoms with Crippen LogP contribution in [0.25, 0.3) is 0 Å². The molecule has 0 radical (unpaired) electrons. The number of aryl methyl sites for hydroxylation is 2. The fourth-order valence-electron chi connectivity index (χ4n) is 2.62. The summed E-state index contributed by atoms with van der Waals surface area (Å²) in [6, 6.07) is 6.15. The Hall–Kier alpha value is -2.42. The molecule has 20 heavy (non-hydrogen) atoms. The van der Waals surface area contributed by atoms with Gasteiger partial charge in [-0.15, -0.1) is 5.10 Å². The number of nitriles is 1. The van der Waals surface area contributed by atoms with E-state index < -0.39 is 0 Å². The molecule has 102 valence electrons. The van der Waals surface area contributed by atoms with Crippen LogP contribution < -0.4 is 4.90 Å². The zero-order chi connectivity index (χ0) is 14.1. The Morgan fingerprint density at radius 2 is 2.15 bits per heavy atom. The molecule has 1 aliphatic heterocycles. The monoisotopic (exact) mass is 268 g/mol. The van der Waals surface area contributed by atoms with Gasteiger partial charge >= 0.3 is 0 Å². The molecule has 2 aromatic heterocycles. The molecule has 0 saturated heterocycles. The number of hydrogen-bond acceptors (Lipinski definition) is 5. The summed E-state index contributed by atoms with van der Waals surface area (Å²) in [6.07, 6.45) is 1.88. The molecule has 0 unspecified atom stereocenters. The molecule has 6 heteroatoms. The zero-order valence-corrected chi connectivity index (χ0v) is 11.7. The van der Waals surface area contributed by atoms with Crippen molar-refractivity contribution >= 4 is 5.82 Å². The Labute approximate surface area is 117 Å². The van der Waals surface area contributed by atoms with Crippen molar-refractivity contribution in [1.29, 1.82) is 5.26 Å². The van der Waals surface area contributed by atoms with E-state index in [4.69, 9.17) is 5.26 Å². The van der Waals surface area contributed by atoms with Crippen molar-refractivity contribution in [3.05, 3.63) is 34.8 Å². The van der Waals surface area contributed by atoms with Crippen molar-refractivity contribution in [2.75, 3.05) is 11.4 Å². The van der Waals surface area contributed by atoms with Gasteiger partial charge in [-0.25, -0.2) is 0 Å². The predicted octanol–water partition coefficient (Wildman–Crippen LogP) is 1.34. The van der Waals surface area contributed by atoms with Crippen LogP contribution in [0.3, 0.4) is 0 Å². The number of anilines is 1. The van der Waals surface area contributed by atoms with Gasteiger partial charge in [-0.2, -0.15) is 15.5 Å². The lowest BCUT2D eigenvalue weighted by molar-refractivity contribution is 0.672. The number of fused-ring (bicyclic) bond motifs is 1. The first kappa shape index (κ1) is 12.6. The average Bonchev–Trinajstić information content (AvgIpc) is 2.64. The maximum absolute atomic E-state index is 9.15. The molecule has 0 aromatic carbocycles. The first-order valence-corrected chi connectivity index (χ1v) is 6.69. The molecule has 0 fully saturated rings. The third-order valence-corrected chi connectivity index (χ3v) is 3.68. The molecule has 0 atom stereocenters. The third kappa shape index (κ3) is 2.11. The van der Waals surface area contributed by atoms with Gasteiger partial charge in [0.05, 0.1) is 17.9 Å². The van der Waals surface area contributed by atoms with Crippen LogP contribution in [0.1, 0.15) is 29.1 Å². The third-order valence-electron chi connectivity index (χ3n) is 3.68. The maximum Gasteiger partial charge on any atom is 0.166 e. The van der Waals surface area contributed by atoms with Gasteiger partial charge in [0.15, 0.2) is 11.5 Å². The van der Waals surface area contributed by atoms with Crippen LogP contribution in [0.15, 0.2) is 12.1 Å². The normalized spacial score (nSPS) is 14.6. The molecule has 3 heterocycles.